The molecule has 0 bridgehead atoms. The molecule has 0 aliphatic heterocycles. The van der Waals surface area contributed by atoms with Gasteiger partial charge in [-0.2, -0.15) is 0 Å². The molecule has 33 heavy (non-hydrogen) atoms. The van der Waals surface area contributed by atoms with E-state index in [1.807, 2.05) is 0 Å². The van der Waals surface area contributed by atoms with Gasteiger partial charge in [0.05, 0.1) is 11.4 Å². The van der Waals surface area contributed by atoms with Gasteiger partial charge in [-0.1, -0.05) is 91.9 Å². The molecule has 0 atom stereocenters. The van der Waals surface area contributed by atoms with Gasteiger partial charge in [-0.15, -0.1) is 0 Å². The van der Waals surface area contributed by atoms with Crippen molar-refractivity contribution in [1.82, 2.24) is 9.55 Å². The van der Waals surface area contributed by atoms with Gasteiger partial charge in [-0.05, 0) is 64.1 Å². The summed E-state index contributed by atoms with van der Waals surface area (Å²) in [5.74, 6) is 1.14. The van der Waals surface area contributed by atoms with E-state index < -0.39 is 0 Å². The van der Waals surface area contributed by atoms with Crippen LogP contribution in [0.3, 0.4) is 0 Å². The highest BCUT2D eigenvalue weighted by molar-refractivity contribution is 6.04. The van der Waals surface area contributed by atoms with E-state index in [1.165, 1.54) is 50.1 Å². The first-order valence-corrected chi connectivity index (χ1v) is 11.8. The van der Waals surface area contributed by atoms with Crippen LogP contribution >= 0.6 is 0 Å². The minimum Gasteiger partial charge on any atom is -0.297 e. The van der Waals surface area contributed by atoms with Crippen LogP contribution in [0.1, 0.15) is 30.6 Å². The number of allylic oxidation sites excluding steroid dienone is 1. The van der Waals surface area contributed by atoms with Crippen LogP contribution in [-0.2, 0) is 12.8 Å². The molecule has 0 radical (unpaired) electrons. The Kier molecular flexibility index (Phi) is 4.92. The molecular formula is C31H26N2. The van der Waals surface area contributed by atoms with Crippen LogP contribution in [0, 0.1) is 0 Å². The summed E-state index contributed by atoms with van der Waals surface area (Å²) in [6.07, 6.45) is 7.53. The SMILES string of the molecule is CCc1nc2c(n1-c1ccc(-c3ccc(-c4ccccc4)c4ccccc34)cc1)C=CCC2. The first-order chi connectivity index (χ1) is 16.3. The molecule has 1 heterocycles. The molecule has 4 aromatic carbocycles. The molecule has 2 heteroatoms. The number of hydrogen-bond acceptors (Lipinski definition) is 1. The van der Waals surface area contributed by atoms with Crippen LogP contribution in [0.5, 0.6) is 0 Å². The third-order valence-corrected chi connectivity index (χ3v) is 6.64. The zero-order valence-electron chi connectivity index (χ0n) is 18.8. The number of aryl methyl sites for hydroxylation is 2. The molecule has 160 valence electrons. The minimum absolute atomic E-state index is 0.925. The van der Waals surface area contributed by atoms with E-state index in [4.69, 9.17) is 4.98 Å². The average molecular weight is 427 g/mol. The van der Waals surface area contributed by atoms with Crippen molar-refractivity contribution in [3.8, 4) is 27.9 Å². The van der Waals surface area contributed by atoms with E-state index in [1.54, 1.807) is 0 Å². The molecule has 0 fully saturated rings. The highest BCUT2D eigenvalue weighted by Crippen LogP contribution is 2.36. The lowest BCUT2D eigenvalue weighted by Crippen LogP contribution is -2.03. The second-order valence-electron chi connectivity index (χ2n) is 8.61. The summed E-state index contributed by atoms with van der Waals surface area (Å²) in [6, 6.07) is 32.8. The normalized spacial score (nSPS) is 12.8. The van der Waals surface area contributed by atoms with Crippen molar-refractivity contribution in [2.45, 2.75) is 26.2 Å². The maximum absolute atomic E-state index is 4.92. The van der Waals surface area contributed by atoms with Crippen molar-refractivity contribution in [3.63, 3.8) is 0 Å². The predicted octanol–water partition coefficient (Wildman–Crippen LogP) is 7.88. The highest BCUT2D eigenvalue weighted by Gasteiger charge is 2.17. The molecular weight excluding hydrogens is 400 g/mol. The molecule has 2 nitrogen and oxygen atoms in total. The Bertz CT molecular complexity index is 1470. The van der Waals surface area contributed by atoms with Gasteiger partial charge in [0.25, 0.3) is 0 Å². The summed E-state index contributed by atoms with van der Waals surface area (Å²) < 4.78 is 2.32. The number of benzene rings is 4. The van der Waals surface area contributed by atoms with E-state index >= 15 is 0 Å². The van der Waals surface area contributed by atoms with Crippen molar-refractivity contribution in [3.05, 3.63) is 114 Å². The van der Waals surface area contributed by atoms with Crippen molar-refractivity contribution in [2.24, 2.45) is 0 Å². The van der Waals surface area contributed by atoms with E-state index in [-0.39, 0.29) is 0 Å². The maximum Gasteiger partial charge on any atom is 0.113 e. The monoisotopic (exact) mass is 426 g/mol. The van der Waals surface area contributed by atoms with Crippen LogP contribution < -0.4 is 0 Å². The van der Waals surface area contributed by atoms with Gasteiger partial charge in [0.15, 0.2) is 0 Å². The van der Waals surface area contributed by atoms with Gasteiger partial charge in [-0.25, -0.2) is 4.98 Å². The second-order valence-corrected chi connectivity index (χ2v) is 8.61. The molecule has 1 aliphatic rings. The molecule has 1 aromatic heterocycles. The maximum atomic E-state index is 4.92. The minimum atomic E-state index is 0.925. The van der Waals surface area contributed by atoms with Crippen LogP contribution in [0.15, 0.2) is 97.1 Å². The lowest BCUT2D eigenvalue weighted by molar-refractivity contribution is 0.884. The van der Waals surface area contributed by atoms with Crippen molar-refractivity contribution in [2.75, 3.05) is 0 Å². The van der Waals surface area contributed by atoms with E-state index in [9.17, 15) is 0 Å². The smallest absolute Gasteiger partial charge is 0.113 e. The average Bonchev–Trinajstić information content (AvgIpc) is 3.27. The molecule has 5 aromatic rings. The van der Waals surface area contributed by atoms with E-state index in [0.29, 0.717) is 0 Å². The lowest BCUT2D eigenvalue weighted by atomic mass is 9.92. The fourth-order valence-electron chi connectivity index (χ4n) is 5.04. The summed E-state index contributed by atoms with van der Waals surface area (Å²) in [7, 11) is 0. The van der Waals surface area contributed by atoms with Gasteiger partial charge in [0.2, 0.25) is 0 Å². The van der Waals surface area contributed by atoms with E-state index in [2.05, 4.69) is 115 Å². The van der Waals surface area contributed by atoms with Crippen molar-refractivity contribution < 1.29 is 0 Å². The molecule has 0 N–H and O–H groups in total. The Morgan fingerprint density at radius 2 is 1.36 bits per heavy atom. The van der Waals surface area contributed by atoms with E-state index in [0.717, 1.165) is 25.1 Å². The Hall–Kier alpha value is -3.91. The van der Waals surface area contributed by atoms with Crippen LogP contribution in [-0.4, -0.2) is 9.55 Å². The van der Waals surface area contributed by atoms with Crippen LogP contribution in [0.25, 0.3) is 44.8 Å². The highest BCUT2D eigenvalue weighted by atomic mass is 15.1. The largest absolute Gasteiger partial charge is 0.297 e. The second kappa shape index (κ2) is 8.22. The number of rotatable bonds is 4. The molecule has 0 amide bonds. The van der Waals surface area contributed by atoms with Gasteiger partial charge >= 0.3 is 0 Å². The number of aromatic nitrogens is 2. The summed E-state index contributed by atoms with van der Waals surface area (Å²) in [5, 5.41) is 2.57. The third kappa shape index (κ3) is 3.39. The Balaban J connectivity index is 1.45. The van der Waals surface area contributed by atoms with Crippen LogP contribution in [0.4, 0.5) is 0 Å². The summed E-state index contributed by atoms with van der Waals surface area (Å²) in [5.41, 5.74) is 8.67. The molecule has 1 aliphatic carbocycles. The molecule has 0 spiro atoms. The number of imidazole rings is 1. The topological polar surface area (TPSA) is 17.8 Å². The number of nitrogens with zero attached hydrogens (tertiary/aromatic N) is 2. The Morgan fingerprint density at radius 3 is 2.03 bits per heavy atom. The molecule has 0 saturated heterocycles. The van der Waals surface area contributed by atoms with Crippen LogP contribution in [0.2, 0.25) is 0 Å². The standard InChI is InChI=1S/C31H26N2/c1-2-31-32-29-14-8-9-15-30(29)33(31)24-18-16-23(17-19-24)26-21-20-25(22-10-4-3-5-11-22)27-12-6-7-13-28(26)27/h3-7,9-13,15-21H,2,8,14H2,1H3. The quantitative estimate of drug-likeness (QED) is 0.286. The number of fused-ring (bicyclic) bond motifs is 2. The third-order valence-electron chi connectivity index (χ3n) is 6.64. The first-order valence-electron chi connectivity index (χ1n) is 11.8. The fraction of sp³-hybridized carbons (Fsp3) is 0.129. The first kappa shape index (κ1) is 19.8. The summed E-state index contributed by atoms with van der Waals surface area (Å²) >= 11 is 0. The Morgan fingerprint density at radius 1 is 0.727 bits per heavy atom. The predicted molar refractivity (Wildman–Crippen MR) is 139 cm³/mol. The van der Waals surface area contributed by atoms with Gasteiger partial charge in [0.1, 0.15) is 5.82 Å². The van der Waals surface area contributed by atoms with Gasteiger partial charge < -0.3 is 0 Å². The summed E-state index contributed by atoms with van der Waals surface area (Å²) in [6.45, 7) is 2.18. The van der Waals surface area contributed by atoms with Crippen molar-refractivity contribution >= 4 is 16.8 Å². The lowest BCUT2D eigenvalue weighted by Gasteiger charge is -2.14. The van der Waals surface area contributed by atoms with Crippen molar-refractivity contribution in [1.29, 1.82) is 0 Å². The van der Waals surface area contributed by atoms with Gasteiger partial charge in [0, 0.05) is 12.1 Å². The Labute approximate surface area is 194 Å². The zero-order chi connectivity index (χ0) is 22.2. The fourth-order valence-corrected chi connectivity index (χ4v) is 5.04. The van der Waals surface area contributed by atoms with Gasteiger partial charge in [-0.3, -0.25) is 4.57 Å². The molecule has 6 rings (SSSR count). The molecule has 0 saturated carbocycles. The zero-order valence-corrected chi connectivity index (χ0v) is 18.8. The number of hydrogen-bond donors (Lipinski definition) is 0. The molecule has 0 unspecified atom stereocenters. The summed E-state index contributed by atoms with van der Waals surface area (Å²) in [4.78, 5) is 4.92.